The van der Waals surface area contributed by atoms with Gasteiger partial charge in [-0.15, -0.1) is 0 Å². The molecule has 2 aliphatic heterocycles. The molecule has 0 aromatic heterocycles. The maximum atomic E-state index is 12.4. The van der Waals surface area contributed by atoms with Gasteiger partial charge in [0.15, 0.2) is 0 Å². The minimum Gasteiger partial charge on any atom is -0.497 e. The lowest BCUT2D eigenvalue weighted by Crippen LogP contribution is -2.50. The lowest BCUT2D eigenvalue weighted by Gasteiger charge is -2.39. The van der Waals surface area contributed by atoms with E-state index in [1.165, 1.54) is 18.4 Å². The Bertz CT molecular complexity index is 766. The van der Waals surface area contributed by atoms with Crippen molar-refractivity contribution in [2.75, 3.05) is 12.4 Å². The molecule has 142 valence electrons. The van der Waals surface area contributed by atoms with Gasteiger partial charge in [0, 0.05) is 36.4 Å². The highest BCUT2D eigenvalue weighted by Gasteiger charge is 2.40. The van der Waals surface area contributed by atoms with Crippen molar-refractivity contribution in [1.29, 1.82) is 0 Å². The summed E-state index contributed by atoms with van der Waals surface area (Å²) < 4.78 is 5.21. The fourth-order valence-electron chi connectivity index (χ4n) is 4.50. The summed E-state index contributed by atoms with van der Waals surface area (Å²) in [5.41, 5.74) is 2.12. The van der Waals surface area contributed by atoms with Gasteiger partial charge in [-0.25, -0.2) is 4.79 Å². The molecule has 5 heteroatoms. The van der Waals surface area contributed by atoms with Crippen molar-refractivity contribution in [2.45, 2.75) is 50.4 Å². The Morgan fingerprint density at radius 1 is 1.07 bits per heavy atom. The van der Waals surface area contributed by atoms with Crippen LogP contribution in [0.25, 0.3) is 0 Å². The molecular weight excluding hydrogens is 338 g/mol. The van der Waals surface area contributed by atoms with E-state index in [4.69, 9.17) is 4.74 Å². The number of nitrogens with one attached hydrogen (secondary N) is 2. The second-order valence-electron chi connectivity index (χ2n) is 7.54. The Morgan fingerprint density at radius 3 is 2.52 bits per heavy atom. The molecule has 27 heavy (non-hydrogen) atoms. The zero-order valence-electron chi connectivity index (χ0n) is 15.7. The summed E-state index contributed by atoms with van der Waals surface area (Å²) >= 11 is 0. The van der Waals surface area contributed by atoms with Crippen LogP contribution in [0.3, 0.4) is 0 Å². The minimum atomic E-state index is -0.135. The maximum Gasteiger partial charge on any atom is 0.319 e. The number of carbonyl (C=O) groups excluding carboxylic acids is 1. The van der Waals surface area contributed by atoms with Crippen molar-refractivity contribution in [2.24, 2.45) is 0 Å². The molecule has 2 fully saturated rings. The monoisotopic (exact) mass is 365 g/mol. The van der Waals surface area contributed by atoms with Gasteiger partial charge in [0.25, 0.3) is 0 Å². The lowest BCUT2D eigenvalue weighted by atomic mass is 9.96. The average Bonchev–Trinajstić information content (AvgIpc) is 2.91. The predicted molar refractivity (Wildman–Crippen MR) is 107 cm³/mol. The van der Waals surface area contributed by atoms with Gasteiger partial charge >= 0.3 is 6.03 Å². The van der Waals surface area contributed by atoms with E-state index in [0.717, 1.165) is 30.8 Å². The molecule has 2 N–H and O–H groups in total. The van der Waals surface area contributed by atoms with Crippen molar-refractivity contribution in [3.8, 4) is 5.75 Å². The highest BCUT2D eigenvalue weighted by atomic mass is 16.5. The third-order valence-corrected chi connectivity index (χ3v) is 5.76. The first-order valence-electron chi connectivity index (χ1n) is 9.72. The molecule has 3 atom stereocenters. The summed E-state index contributed by atoms with van der Waals surface area (Å²) in [4.78, 5) is 15.0. The SMILES string of the molecule is COc1cccc(NC(=O)NC2C[C@H]3CC[C@@H](C2)N3Cc2ccccc2)c1. The molecule has 2 bridgehead atoms. The summed E-state index contributed by atoms with van der Waals surface area (Å²) in [6.07, 6.45) is 4.50. The minimum absolute atomic E-state index is 0.135. The number of methoxy groups -OCH3 is 1. The first-order chi connectivity index (χ1) is 13.2. The van der Waals surface area contributed by atoms with Crippen LogP contribution in [-0.4, -0.2) is 36.2 Å². The van der Waals surface area contributed by atoms with Crippen molar-refractivity contribution >= 4 is 11.7 Å². The van der Waals surface area contributed by atoms with Crippen LogP contribution in [0.4, 0.5) is 10.5 Å². The van der Waals surface area contributed by atoms with Crippen LogP contribution in [0, 0.1) is 0 Å². The predicted octanol–water partition coefficient (Wildman–Crippen LogP) is 4.01. The number of hydrogen-bond acceptors (Lipinski definition) is 3. The molecule has 5 nitrogen and oxygen atoms in total. The molecule has 2 aromatic rings. The van der Waals surface area contributed by atoms with Gasteiger partial charge in [-0.05, 0) is 43.4 Å². The van der Waals surface area contributed by atoms with E-state index in [2.05, 4.69) is 45.9 Å². The summed E-state index contributed by atoms with van der Waals surface area (Å²) in [5, 5.41) is 6.09. The number of anilines is 1. The average molecular weight is 365 g/mol. The van der Waals surface area contributed by atoms with E-state index in [-0.39, 0.29) is 12.1 Å². The summed E-state index contributed by atoms with van der Waals surface area (Å²) in [6.45, 7) is 1.01. The second kappa shape index (κ2) is 8.01. The molecule has 0 spiro atoms. The number of nitrogens with zero attached hydrogens (tertiary/aromatic N) is 1. The third kappa shape index (κ3) is 4.25. The van der Waals surface area contributed by atoms with Gasteiger partial charge in [-0.2, -0.15) is 0 Å². The fraction of sp³-hybridized carbons (Fsp3) is 0.409. The number of hydrogen-bond donors (Lipinski definition) is 2. The molecule has 2 aromatic carbocycles. The molecule has 2 saturated heterocycles. The van der Waals surface area contributed by atoms with Crippen LogP contribution in [0.2, 0.25) is 0 Å². The normalized spacial score (nSPS) is 24.4. The van der Waals surface area contributed by atoms with Crippen LogP contribution >= 0.6 is 0 Å². The van der Waals surface area contributed by atoms with Gasteiger partial charge in [0.05, 0.1) is 7.11 Å². The van der Waals surface area contributed by atoms with E-state index < -0.39 is 0 Å². The zero-order chi connectivity index (χ0) is 18.6. The molecule has 0 saturated carbocycles. The number of urea groups is 1. The van der Waals surface area contributed by atoms with Crippen LogP contribution in [0.15, 0.2) is 54.6 Å². The number of amides is 2. The molecule has 0 aliphatic carbocycles. The summed E-state index contributed by atoms with van der Waals surface area (Å²) in [6, 6.07) is 19.3. The number of fused-ring (bicyclic) bond motifs is 2. The van der Waals surface area contributed by atoms with Crippen LogP contribution in [-0.2, 0) is 6.54 Å². The van der Waals surface area contributed by atoms with Gasteiger partial charge in [-0.3, -0.25) is 4.90 Å². The molecular formula is C22H27N3O2. The van der Waals surface area contributed by atoms with Crippen LogP contribution in [0.5, 0.6) is 5.75 Å². The molecule has 2 aliphatic rings. The van der Waals surface area contributed by atoms with Crippen molar-refractivity contribution in [3.05, 3.63) is 60.2 Å². The van der Waals surface area contributed by atoms with Gasteiger partial charge in [-0.1, -0.05) is 36.4 Å². The first kappa shape index (κ1) is 17.9. The maximum absolute atomic E-state index is 12.4. The molecule has 2 amide bonds. The van der Waals surface area contributed by atoms with E-state index in [9.17, 15) is 4.79 Å². The van der Waals surface area contributed by atoms with Gasteiger partial charge in [0.2, 0.25) is 0 Å². The Kier molecular flexibility index (Phi) is 5.30. The van der Waals surface area contributed by atoms with Crippen molar-refractivity contribution < 1.29 is 9.53 Å². The standard InChI is InChI=1S/C22H27N3O2/c1-27-21-9-5-8-17(14-21)23-22(26)24-18-12-19-10-11-20(13-18)25(19)15-16-6-3-2-4-7-16/h2-9,14,18-20H,10-13,15H2,1H3,(H2,23,24,26)/t18?,19-,20+. The van der Waals surface area contributed by atoms with Crippen molar-refractivity contribution in [3.63, 3.8) is 0 Å². The highest BCUT2D eigenvalue weighted by molar-refractivity contribution is 5.89. The van der Waals surface area contributed by atoms with E-state index in [1.54, 1.807) is 7.11 Å². The highest BCUT2D eigenvalue weighted by Crippen LogP contribution is 2.36. The Balaban J connectivity index is 1.32. The Labute approximate surface area is 160 Å². The molecule has 1 unspecified atom stereocenters. The molecule has 4 rings (SSSR count). The van der Waals surface area contributed by atoms with E-state index in [1.807, 2.05) is 24.3 Å². The summed E-state index contributed by atoms with van der Waals surface area (Å²) in [5.74, 6) is 0.736. The lowest BCUT2D eigenvalue weighted by molar-refractivity contribution is 0.112. The van der Waals surface area contributed by atoms with Gasteiger partial charge < -0.3 is 15.4 Å². The van der Waals surface area contributed by atoms with Crippen LogP contribution in [0.1, 0.15) is 31.2 Å². The molecule has 0 radical (unpaired) electrons. The third-order valence-electron chi connectivity index (χ3n) is 5.76. The largest absolute Gasteiger partial charge is 0.497 e. The number of rotatable bonds is 5. The number of ether oxygens (including phenoxy) is 1. The summed E-state index contributed by atoms with van der Waals surface area (Å²) in [7, 11) is 1.62. The number of carbonyl (C=O) groups is 1. The Morgan fingerprint density at radius 2 is 1.81 bits per heavy atom. The van der Waals surface area contributed by atoms with Gasteiger partial charge in [0.1, 0.15) is 5.75 Å². The quantitative estimate of drug-likeness (QED) is 0.842. The first-order valence-corrected chi connectivity index (χ1v) is 9.72. The zero-order valence-corrected chi connectivity index (χ0v) is 15.7. The topological polar surface area (TPSA) is 53.6 Å². The molecule has 2 heterocycles. The fourth-order valence-corrected chi connectivity index (χ4v) is 4.50. The van der Waals surface area contributed by atoms with E-state index in [0.29, 0.717) is 12.1 Å². The van der Waals surface area contributed by atoms with Crippen LogP contribution < -0.4 is 15.4 Å². The second-order valence-corrected chi connectivity index (χ2v) is 7.54. The smallest absolute Gasteiger partial charge is 0.319 e. The number of benzene rings is 2. The van der Waals surface area contributed by atoms with E-state index >= 15 is 0 Å². The Hall–Kier alpha value is -2.53. The van der Waals surface area contributed by atoms with Crippen molar-refractivity contribution in [1.82, 2.24) is 10.2 Å². The number of piperidine rings is 1.